The highest BCUT2D eigenvalue weighted by Gasteiger charge is 2.13. The van der Waals surface area contributed by atoms with Crippen molar-refractivity contribution in [1.29, 1.82) is 0 Å². The van der Waals surface area contributed by atoms with Crippen LogP contribution < -0.4 is 5.32 Å². The molecule has 0 saturated carbocycles. The van der Waals surface area contributed by atoms with E-state index in [1.807, 2.05) is 42.5 Å². The normalized spacial score (nSPS) is 10.8. The number of anilines is 1. The molecule has 0 spiro atoms. The Bertz CT molecular complexity index is 1060. The molecule has 0 saturated heterocycles. The van der Waals surface area contributed by atoms with E-state index >= 15 is 0 Å². The minimum Gasteiger partial charge on any atom is -0.290 e. The fourth-order valence-corrected chi connectivity index (χ4v) is 3.00. The SMILES string of the molecule is O=C(Nc1nncn1-c1ccccc1)c1ccc2cncc(Br)c2c1. The number of rotatable bonds is 3. The van der Waals surface area contributed by atoms with E-state index in [0.29, 0.717) is 11.5 Å². The second-order valence-electron chi connectivity index (χ2n) is 5.37. The van der Waals surface area contributed by atoms with Crippen molar-refractivity contribution in [3.05, 3.63) is 77.3 Å². The molecule has 0 radical (unpaired) electrons. The molecule has 7 heteroatoms. The molecular formula is C18H12BrN5O. The number of aromatic nitrogens is 4. The fraction of sp³-hybridized carbons (Fsp3) is 0. The summed E-state index contributed by atoms with van der Waals surface area (Å²) in [5, 5.41) is 12.6. The summed E-state index contributed by atoms with van der Waals surface area (Å²) in [6, 6.07) is 15.0. The van der Waals surface area contributed by atoms with Crippen molar-refractivity contribution in [1.82, 2.24) is 19.7 Å². The zero-order valence-electron chi connectivity index (χ0n) is 12.9. The van der Waals surface area contributed by atoms with Gasteiger partial charge in [-0.3, -0.25) is 19.7 Å². The van der Waals surface area contributed by atoms with Gasteiger partial charge in [-0.15, -0.1) is 10.2 Å². The van der Waals surface area contributed by atoms with Crippen molar-refractivity contribution in [3.8, 4) is 5.69 Å². The first kappa shape index (κ1) is 15.5. The molecule has 25 heavy (non-hydrogen) atoms. The van der Waals surface area contributed by atoms with Crippen LogP contribution in [0.4, 0.5) is 5.95 Å². The molecule has 0 aliphatic rings. The van der Waals surface area contributed by atoms with Crippen molar-refractivity contribution < 1.29 is 4.79 Å². The molecule has 0 bridgehead atoms. The molecule has 1 amide bonds. The molecule has 2 aromatic heterocycles. The average Bonchev–Trinajstić information content (AvgIpc) is 3.10. The molecule has 122 valence electrons. The maximum absolute atomic E-state index is 12.6. The van der Waals surface area contributed by atoms with Gasteiger partial charge in [0, 0.05) is 27.8 Å². The molecule has 6 nitrogen and oxygen atoms in total. The van der Waals surface area contributed by atoms with Gasteiger partial charge >= 0.3 is 0 Å². The average molecular weight is 394 g/mol. The smallest absolute Gasteiger partial charge is 0.258 e. The van der Waals surface area contributed by atoms with E-state index in [1.54, 1.807) is 29.4 Å². The maximum atomic E-state index is 12.6. The van der Waals surface area contributed by atoms with E-state index < -0.39 is 0 Å². The summed E-state index contributed by atoms with van der Waals surface area (Å²) < 4.78 is 2.56. The zero-order chi connectivity index (χ0) is 17.2. The van der Waals surface area contributed by atoms with Crippen molar-refractivity contribution >= 4 is 38.6 Å². The zero-order valence-corrected chi connectivity index (χ0v) is 14.5. The summed E-state index contributed by atoms with van der Waals surface area (Å²) in [4.78, 5) is 16.8. The summed E-state index contributed by atoms with van der Waals surface area (Å²) in [7, 11) is 0. The number of carbonyl (C=O) groups excluding carboxylic acids is 1. The molecule has 4 rings (SSSR count). The van der Waals surface area contributed by atoms with Crippen LogP contribution in [0.5, 0.6) is 0 Å². The number of pyridine rings is 1. The van der Waals surface area contributed by atoms with Gasteiger partial charge < -0.3 is 0 Å². The molecule has 1 N–H and O–H groups in total. The third-order valence-corrected chi connectivity index (χ3v) is 4.41. The highest BCUT2D eigenvalue weighted by molar-refractivity contribution is 9.10. The van der Waals surface area contributed by atoms with E-state index in [4.69, 9.17) is 0 Å². The second kappa shape index (κ2) is 6.45. The van der Waals surface area contributed by atoms with E-state index in [2.05, 4.69) is 36.4 Å². The predicted molar refractivity (Wildman–Crippen MR) is 98.8 cm³/mol. The van der Waals surface area contributed by atoms with E-state index in [0.717, 1.165) is 20.9 Å². The Morgan fingerprint density at radius 1 is 1.08 bits per heavy atom. The predicted octanol–water partition coefficient (Wildman–Crippen LogP) is 3.83. The van der Waals surface area contributed by atoms with E-state index in [1.165, 1.54) is 0 Å². The van der Waals surface area contributed by atoms with Gasteiger partial charge in [-0.05, 0) is 45.6 Å². The van der Waals surface area contributed by atoms with Crippen LogP contribution >= 0.6 is 15.9 Å². The Kier molecular flexibility index (Phi) is 3.99. The minimum atomic E-state index is -0.254. The molecular weight excluding hydrogens is 382 g/mol. The third kappa shape index (κ3) is 3.01. The molecule has 0 aliphatic carbocycles. The largest absolute Gasteiger partial charge is 0.290 e. The number of halogens is 1. The molecule has 4 aromatic rings. The topological polar surface area (TPSA) is 72.7 Å². The van der Waals surface area contributed by atoms with Gasteiger partial charge in [-0.2, -0.15) is 0 Å². The van der Waals surface area contributed by atoms with Crippen LogP contribution in [0.2, 0.25) is 0 Å². The fourth-order valence-electron chi connectivity index (χ4n) is 2.54. The van der Waals surface area contributed by atoms with Gasteiger partial charge in [0.05, 0.1) is 5.69 Å². The molecule has 0 fully saturated rings. The van der Waals surface area contributed by atoms with Gasteiger partial charge in [-0.25, -0.2) is 0 Å². The lowest BCUT2D eigenvalue weighted by molar-refractivity contribution is 0.102. The number of carbonyl (C=O) groups is 1. The first-order valence-corrected chi connectivity index (χ1v) is 8.32. The number of nitrogens with one attached hydrogen (secondary N) is 1. The van der Waals surface area contributed by atoms with Crippen molar-refractivity contribution in [2.24, 2.45) is 0 Å². The molecule has 2 heterocycles. The summed E-state index contributed by atoms with van der Waals surface area (Å²) in [5.74, 6) is 0.112. The Hall–Kier alpha value is -3.06. The van der Waals surface area contributed by atoms with Gasteiger partial charge in [0.1, 0.15) is 6.33 Å². The van der Waals surface area contributed by atoms with E-state index in [-0.39, 0.29) is 5.91 Å². The quantitative estimate of drug-likeness (QED) is 0.573. The third-order valence-electron chi connectivity index (χ3n) is 3.78. The van der Waals surface area contributed by atoms with Gasteiger partial charge in [0.25, 0.3) is 5.91 Å². The summed E-state index contributed by atoms with van der Waals surface area (Å²) >= 11 is 3.46. The number of hydrogen-bond donors (Lipinski definition) is 1. The molecule has 2 aromatic carbocycles. The summed E-state index contributed by atoms with van der Waals surface area (Å²) in [6.45, 7) is 0. The van der Waals surface area contributed by atoms with E-state index in [9.17, 15) is 4.79 Å². The van der Waals surface area contributed by atoms with Gasteiger partial charge in [-0.1, -0.05) is 24.3 Å². The standard InChI is InChI=1S/C18H12BrN5O/c19-16-10-20-9-13-7-6-12(8-15(13)16)17(25)22-18-23-21-11-24(18)14-4-2-1-3-5-14/h1-11H,(H,22,23,25). The Balaban J connectivity index is 1.65. The van der Waals surface area contributed by atoms with Gasteiger partial charge in [0.15, 0.2) is 0 Å². The van der Waals surface area contributed by atoms with Crippen LogP contribution in [-0.4, -0.2) is 25.7 Å². The molecule has 0 atom stereocenters. The lowest BCUT2D eigenvalue weighted by atomic mass is 10.1. The number of amides is 1. The van der Waals surface area contributed by atoms with Crippen molar-refractivity contribution in [2.45, 2.75) is 0 Å². The Labute approximate surface area is 151 Å². The number of nitrogens with zero attached hydrogens (tertiary/aromatic N) is 4. The Morgan fingerprint density at radius 3 is 2.76 bits per heavy atom. The lowest BCUT2D eigenvalue weighted by Gasteiger charge is -2.08. The lowest BCUT2D eigenvalue weighted by Crippen LogP contribution is -2.15. The second-order valence-corrected chi connectivity index (χ2v) is 6.23. The molecule has 0 aliphatic heterocycles. The van der Waals surface area contributed by atoms with Crippen LogP contribution in [0.3, 0.4) is 0 Å². The van der Waals surface area contributed by atoms with Crippen molar-refractivity contribution in [2.75, 3.05) is 5.32 Å². The summed E-state index contributed by atoms with van der Waals surface area (Å²) in [5.41, 5.74) is 1.40. The maximum Gasteiger partial charge on any atom is 0.258 e. The van der Waals surface area contributed by atoms with Gasteiger partial charge in [0.2, 0.25) is 5.95 Å². The van der Waals surface area contributed by atoms with Crippen molar-refractivity contribution in [3.63, 3.8) is 0 Å². The molecule has 0 unspecified atom stereocenters. The summed E-state index contributed by atoms with van der Waals surface area (Å²) in [6.07, 6.45) is 5.03. The number of benzene rings is 2. The highest BCUT2D eigenvalue weighted by atomic mass is 79.9. The van der Waals surface area contributed by atoms with Crippen LogP contribution in [0, 0.1) is 0 Å². The minimum absolute atomic E-state index is 0.254. The van der Waals surface area contributed by atoms with Crippen LogP contribution in [0.15, 0.2) is 71.7 Å². The van der Waals surface area contributed by atoms with Crippen LogP contribution in [-0.2, 0) is 0 Å². The number of hydrogen-bond acceptors (Lipinski definition) is 4. The van der Waals surface area contributed by atoms with Crippen LogP contribution in [0.25, 0.3) is 16.5 Å². The van der Waals surface area contributed by atoms with Crippen LogP contribution in [0.1, 0.15) is 10.4 Å². The highest BCUT2D eigenvalue weighted by Crippen LogP contribution is 2.24. The first-order valence-electron chi connectivity index (χ1n) is 7.52. The number of para-hydroxylation sites is 1. The number of fused-ring (bicyclic) bond motifs is 1. The first-order chi connectivity index (χ1) is 12.2. The Morgan fingerprint density at radius 2 is 1.92 bits per heavy atom. The monoisotopic (exact) mass is 393 g/mol.